The second kappa shape index (κ2) is 4.45. The fourth-order valence-electron chi connectivity index (χ4n) is 1.27. The maximum absolute atomic E-state index is 12.7. The van der Waals surface area contributed by atoms with E-state index in [9.17, 15) is 13.2 Å². The topological polar surface area (TPSA) is 66.5 Å². The predicted octanol–water partition coefficient (Wildman–Crippen LogP) is 2.92. The Labute approximate surface area is 104 Å². The van der Waals surface area contributed by atoms with Gasteiger partial charge in [0.1, 0.15) is 11.4 Å². The molecule has 0 aromatic carbocycles. The van der Waals surface area contributed by atoms with Crippen molar-refractivity contribution in [1.82, 2.24) is 20.2 Å². The quantitative estimate of drug-likeness (QED) is 0.828. The molecule has 9 heteroatoms. The summed E-state index contributed by atoms with van der Waals surface area (Å²) in [6.45, 7) is 1.72. The summed E-state index contributed by atoms with van der Waals surface area (Å²) < 4.78 is 38.1. The minimum absolute atomic E-state index is 0.216. The van der Waals surface area contributed by atoms with Crippen molar-refractivity contribution >= 4 is 23.2 Å². The summed E-state index contributed by atoms with van der Waals surface area (Å²) in [6, 6.07) is 1.54. The molecule has 0 saturated carbocycles. The molecule has 0 aliphatic carbocycles. The zero-order chi connectivity index (χ0) is 13.3. The van der Waals surface area contributed by atoms with E-state index >= 15 is 0 Å². The Morgan fingerprint density at radius 3 is 2.67 bits per heavy atom. The highest BCUT2D eigenvalue weighted by atomic mass is 35.5. The third-order valence-corrected chi connectivity index (χ3v) is 2.20. The van der Waals surface area contributed by atoms with Crippen molar-refractivity contribution in [3.63, 3.8) is 0 Å². The van der Waals surface area contributed by atoms with Crippen molar-refractivity contribution < 1.29 is 13.2 Å². The zero-order valence-electron chi connectivity index (χ0n) is 9.01. The molecule has 2 N–H and O–H groups in total. The van der Waals surface area contributed by atoms with Gasteiger partial charge in [0.15, 0.2) is 5.82 Å². The monoisotopic (exact) mass is 277 g/mol. The van der Waals surface area contributed by atoms with E-state index < -0.39 is 17.6 Å². The van der Waals surface area contributed by atoms with Crippen molar-refractivity contribution in [1.29, 1.82) is 0 Å². The molecule has 0 spiro atoms. The summed E-state index contributed by atoms with van der Waals surface area (Å²) >= 11 is 5.48. The molecule has 0 unspecified atom stereocenters. The first-order valence-corrected chi connectivity index (χ1v) is 5.13. The van der Waals surface area contributed by atoms with Crippen LogP contribution >= 0.6 is 11.6 Å². The molecular weight excluding hydrogens is 271 g/mol. The second-order valence-corrected chi connectivity index (χ2v) is 3.80. The fraction of sp³-hybridized carbons (Fsp3) is 0.222. The molecule has 2 heterocycles. The first kappa shape index (κ1) is 12.6. The molecule has 0 saturated heterocycles. The van der Waals surface area contributed by atoms with E-state index in [-0.39, 0.29) is 11.1 Å². The number of aromatic nitrogens is 4. The first-order valence-electron chi connectivity index (χ1n) is 4.75. The highest BCUT2D eigenvalue weighted by Crippen LogP contribution is 2.34. The molecule has 0 fully saturated rings. The average Bonchev–Trinajstić information content (AvgIpc) is 2.62. The largest absolute Gasteiger partial charge is 0.421 e. The molecule has 2 aromatic heterocycles. The van der Waals surface area contributed by atoms with E-state index in [4.69, 9.17) is 11.6 Å². The van der Waals surface area contributed by atoms with Gasteiger partial charge in [-0.2, -0.15) is 23.3 Å². The Hall–Kier alpha value is -1.83. The van der Waals surface area contributed by atoms with Gasteiger partial charge in [0.25, 0.3) is 0 Å². The summed E-state index contributed by atoms with van der Waals surface area (Å²) in [5, 5.41) is 8.51. The van der Waals surface area contributed by atoms with Gasteiger partial charge in [-0.1, -0.05) is 0 Å². The van der Waals surface area contributed by atoms with E-state index in [1.54, 1.807) is 6.92 Å². The minimum atomic E-state index is -4.57. The lowest BCUT2D eigenvalue weighted by Crippen LogP contribution is -2.11. The second-order valence-electron chi connectivity index (χ2n) is 3.46. The van der Waals surface area contributed by atoms with Gasteiger partial charge in [-0.05, 0) is 18.5 Å². The number of nitrogens with zero attached hydrogens (tertiary/aromatic N) is 3. The highest BCUT2D eigenvalue weighted by molar-refractivity contribution is 6.28. The van der Waals surface area contributed by atoms with E-state index in [0.717, 1.165) is 0 Å². The van der Waals surface area contributed by atoms with E-state index in [0.29, 0.717) is 11.9 Å². The molecule has 5 nitrogen and oxygen atoms in total. The van der Waals surface area contributed by atoms with Crippen LogP contribution in [0.2, 0.25) is 5.28 Å². The summed E-state index contributed by atoms with van der Waals surface area (Å²) in [4.78, 5) is 6.83. The molecule has 0 aliphatic heterocycles. The van der Waals surface area contributed by atoms with Gasteiger partial charge in [0, 0.05) is 18.0 Å². The van der Waals surface area contributed by atoms with Crippen molar-refractivity contribution in [2.45, 2.75) is 13.1 Å². The Kier molecular flexibility index (Phi) is 3.12. The smallest absolute Gasteiger partial charge is 0.323 e. The normalized spacial score (nSPS) is 11.6. The number of nitrogens with one attached hydrogen (secondary N) is 2. The van der Waals surface area contributed by atoms with Crippen molar-refractivity contribution in [3.05, 3.63) is 28.8 Å². The summed E-state index contributed by atoms with van der Waals surface area (Å²) in [6.07, 6.45) is -3.95. The van der Waals surface area contributed by atoms with Gasteiger partial charge in [-0.15, -0.1) is 0 Å². The number of anilines is 2. The number of aryl methyl sites for hydroxylation is 1. The number of aromatic amines is 1. The SMILES string of the molecule is Cc1cc(Nc2nc(Cl)ncc2C(F)(F)F)n[nH]1. The van der Waals surface area contributed by atoms with Crippen LogP contribution in [-0.2, 0) is 6.18 Å². The van der Waals surface area contributed by atoms with Crippen LogP contribution < -0.4 is 5.32 Å². The lowest BCUT2D eigenvalue weighted by atomic mass is 10.3. The zero-order valence-corrected chi connectivity index (χ0v) is 9.76. The molecule has 18 heavy (non-hydrogen) atoms. The highest BCUT2D eigenvalue weighted by Gasteiger charge is 2.35. The standard InChI is InChI=1S/C9H7ClF3N5/c1-4-2-6(18-17-4)15-7-5(9(11,12)13)3-14-8(10)16-7/h2-3H,1H3,(H2,14,15,16,17,18). The predicted molar refractivity (Wildman–Crippen MR) is 58.7 cm³/mol. The first-order chi connectivity index (χ1) is 8.36. The number of halogens is 4. The van der Waals surface area contributed by atoms with Crippen LogP contribution in [0.4, 0.5) is 24.8 Å². The van der Waals surface area contributed by atoms with Gasteiger partial charge in [0.2, 0.25) is 5.28 Å². The number of rotatable bonds is 2. The average molecular weight is 278 g/mol. The Morgan fingerprint density at radius 2 is 2.11 bits per heavy atom. The van der Waals surface area contributed by atoms with E-state index in [1.807, 2.05) is 0 Å². The third kappa shape index (κ3) is 2.70. The lowest BCUT2D eigenvalue weighted by Gasteiger charge is -2.11. The van der Waals surface area contributed by atoms with Crippen LogP contribution in [0.25, 0.3) is 0 Å². The maximum atomic E-state index is 12.7. The molecule has 0 bridgehead atoms. The van der Waals surface area contributed by atoms with Gasteiger partial charge < -0.3 is 5.32 Å². The van der Waals surface area contributed by atoms with Crippen LogP contribution in [0.1, 0.15) is 11.3 Å². The Morgan fingerprint density at radius 1 is 1.39 bits per heavy atom. The van der Waals surface area contributed by atoms with Crippen LogP contribution in [0.3, 0.4) is 0 Å². The van der Waals surface area contributed by atoms with Gasteiger partial charge in [0.05, 0.1) is 0 Å². The van der Waals surface area contributed by atoms with Crippen LogP contribution in [0.15, 0.2) is 12.3 Å². The third-order valence-electron chi connectivity index (χ3n) is 2.02. The van der Waals surface area contributed by atoms with Crippen LogP contribution in [-0.4, -0.2) is 20.2 Å². The van der Waals surface area contributed by atoms with Gasteiger partial charge in [-0.25, -0.2) is 4.98 Å². The van der Waals surface area contributed by atoms with Gasteiger partial charge in [-0.3, -0.25) is 5.10 Å². The minimum Gasteiger partial charge on any atom is -0.323 e. The van der Waals surface area contributed by atoms with Crippen LogP contribution in [0.5, 0.6) is 0 Å². The number of H-pyrrole nitrogens is 1. The number of hydrogen-bond acceptors (Lipinski definition) is 4. The summed E-state index contributed by atoms with van der Waals surface area (Å²) in [5.41, 5.74) is -0.307. The van der Waals surface area contributed by atoms with Crippen LogP contribution in [0, 0.1) is 6.92 Å². The maximum Gasteiger partial charge on any atom is 0.421 e. The molecular formula is C9H7ClF3N5. The van der Waals surface area contributed by atoms with Gasteiger partial charge >= 0.3 is 6.18 Å². The van der Waals surface area contributed by atoms with E-state index in [1.165, 1.54) is 6.07 Å². The Bertz CT molecular complexity index is 566. The molecule has 0 aliphatic rings. The molecule has 0 radical (unpaired) electrons. The molecule has 2 aromatic rings. The van der Waals surface area contributed by atoms with Crippen molar-refractivity contribution in [3.8, 4) is 0 Å². The van der Waals surface area contributed by atoms with E-state index in [2.05, 4.69) is 25.5 Å². The molecule has 96 valence electrons. The summed E-state index contributed by atoms with van der Waals surface area (Å²) in [7, 11) is 0. The Balaban J connectivity index is 2.39. The number of hydrogen-bond donors (Lipinski definition) is 2. The van der Waals surface area contributed by atoms with Crippen molar-refractivity contribution in [2.75, 3.05) is 5.32 Å². The molecule has 0 atom stereocenters. The molecule has 2 rings (SSSR count). The van der Waals surface area contributed by atoms with Crippen molar-refractivity contribution in [2.24, 2.45) is 0 Å². The number of alkyl halides is 3. The summed E-state index contributed by atoms with van der Waals surface area (Å²) in [5.74, 6) is -0.221. The molecule has 0 amide bonds. The fourth-order valence-corrected chi connectivity index (χ4v) is 1.40. The lowest BCUT2D eigenvalue weighted by molar-refractivity contribution is -0.137.